The van der Waals surface area contributed by atoms with Crippen LogP contribution in [0, 0.1) is 0 Å². The first-order valence-electron chi connectivity index (χ1n) is 8.84. The van der Waals surface area contributed by atoms with Crippen LogP contribution in [-0.4, -0.2) is 65.5 Å². The summed E-state index contributed by atoms with van der Waals surface area (Å²) in [6.45, 7) is 3.50. The van der Waals surface area contributed by atoms with Crippen molar-refractivity contribution in [2.24, 2.45) is 0 Å². The highest BCUT2D eigenvalue weighted by atomic mass is 32.2. The molecular formula is C17H25NO6S2. The molecule has 7 nitrogen and oxygen atoms in total. The van der Waals surface area contributed by atoms with E-state index in [-0.39, 0.29) is 22.5 Å². The molecular weight excluding hydrogens is 378 g/mol. The summed E-state index contributed by atoms with van der Waals surface area (Å²) in [5, 5.41) is 2.14. The van der Waals surface area contributed by atoms with Crippen molar-refractivity contribution in [3.8, 4) is 5.75 Å². The third-order valence-electron chi connectivity index (χ3n) is 4.79. The standard InChI is InChI=1S/C17H25NO6S2/c1-2-23-13-5-7-15(8-6-13)26(21,22)17-12-25(19,20)11-16(17)18-10-14-4-3-9-24-14/h5-8,14,16-18H,2-4,9-12H2,1H3. The van der Waals surface area contributed by atoms with E-state index in [1.807, 2.05) is 6.92 Å². The van der Waals surface area contributed by atoms with Crippen molar-refractivity contribution in [2.45, 2.75) is 42.1 Å². The lowest BCUT2D eigenvalue weighted by molar-refractivity contribution is 0.108. The van der Waals surface area contributed by atoms with Crippen LogP contribution in [0.15, 0.2) is 29.2 Å². The minimum absolute atomic E-state index is 0.0205. The average Bonchev–Trinajstić information content (AvgIpc) is 3.21. The fourth-order valence-corrected chi connectivity index (χ4v) is 8.18. The van der Waals surface area contributed by atoms with Crippen LogP contribution in [0.1, 0.15) is 19.8 Å². The Balaban J connectivity index is 1.78. The van der Waals surface area contributed by atoms with Gasteiger partial charge in [0, 0.05) is 19.2 Å². The Labute approximate surface area is 154 Å². The number of benzene rings is 1. The van der Waals surface area contributed by atoms with E-state index in [9.17, 15) is 16.8 Å². The van der Waals surface area contributed by atoms with Gasteiger partial charge in [0.15, 0.2) is 19.7 Å². The van der Waals surface area contributed by atoms with Crippen LogP contribution in [0.3, 0.4) is 0 Å². The number of hydrogen-bond donors (Lipinski definition) is 1. The predicted molar refractivity (Wildman–Crippen MR) is 98.0 cm³/mol. The van der Waals surface area contributed by atoms with Crippen molar-refractivity contribution in [3.05, 3.63) is 24.3 Å². The zero-order valence-electron chi connectivity index (χ0n) is 14.8. The summed E-state index contributed by atoms with van der Waals surface area (Å²) in [6, 6.07) is 5.51. The summed E-state index contributed by atoms with van der Waals surface area (Å²) in [7, 11) is -7.18. The highest BCUT2D eigenvalue weighted by Gasteiger charge is 2.45. The maximum absolute atomic E-state index is 13.0. The molecule has 0 saturated carbocycles. The van der Waals surface area contributed by atoms with Crippen molar-refractivity contribution < 1.29 is 26.3 Å². The molecule has 1 N–H and O–H groups in total. The molecule has 0 radical (unpaired) electrons. The monoisotopic (exact) mass is 403 g/mol. The fourth-order valence-electron chi connectivity index (χ4n) is 3.47. The minimum Gasteiger partial charge on any atom is -0.494 e. The van der Waals surface area contributed by atoms with Gasteiger partial charge in [0.1, 0.15) is 5.75 Å². The second kappa shape index (κ2) is 7.84. The van der Waals surface area contributed by atoms with Crippen LogP contribution >= 0.6 is 0 Å². The summed E-state index contributed by atoms with van der Waals surface area (Å²) in [5.41, 5.74) is 0. The Kier molecular flexibility index (Phi) is 5.91. The Morgan fingerprint density at radius 1 is 1.23 bits per heavy atom. The molecule has 1 aromatic rings. The Morgan fingerprint density at radius 2 is 1.96 bits per heavy atom. The van der Waals surface area contributed by atoms with Gasteiger partial charge >= 0.3 is 0 Å². The first-order chi connectivity index (χ1) is 12.3. The highest BCUT2D eigenvalue weighted by Crippen LogP contribution is 2.27. The lowest BCUT2D eigenvalue weighted by atomic mass is 10.2. The summed E-state index contributed by atoms with van der Waals surface area (Å²) in [4.78, 5) is 0.118. The zero-order chi connectivity index (χ0) is 18.8. The largest absolute Gasteiger partial charge is 0.494 e. The van der Waals surface area contributed by atoms with Crippen molar-refractivity contribution in [1.82, 2.24) is 5.32 Å². The van der Waals surface area contributed by atoms with Gasteiger partial charge in [-0.1, -0.05) is 0 Å². The molecule has 2 fully saturated rings. The number of ether oxygens (including phenoxy) is 2. The van der Waals surface area contributed by atoms with Gasteiger partial charge in [-0.05, 0) is 44.0 Å². The second-order valence-electron chi connectivity index (χ2n) is 6.71. The van der Waals surface area contributed by atoms with Crippen molar-refractivity contribution in [1.29, 1.82) is 0 Å². The SMILES string of the molecule is CCOc1ccc(S(=O)(=O)C2CS(=O)(=O)CC2NCC2CCCO2)cc1. The zero-order valence-corrected chi connectivity index (χ0v) is 16.4. The van der Waals surface area contributed by atoms with E-state index in [0.717, 1.165) is 12.8 Å². The molecule has 3 unspecified atom stereocenters. The van der Waals surface area contributed by atoms with E-state index >= 15 is 0 Å². The maximum Gasteiger partial charge on any atom is 0.183 e. The summed E-state index contributed by atoms with van der Waals surface area (Å²) < 4.78 is 61.1. The summed E-state index contributed by atoms with van der Waals surface area (Å²) in [5.74, 6) is 0.0605. The molecule has 2 aliphatic rings. The second-order valence-corrected chi connectivity index (χ2v) is 11.0. The molecule has 9 heteroatoms. The number of rotatable bonds is 7. The van der Waals surface area contributed by atoms with E-state index in [2.05, 4.69) is 5.32 Å². The highest BCUT2D eigenvalue weighted by molar-refractivity contribution is 7.96. The molecule has 3 rings (SSSR count). The van der Waals surface area contributed by atoms with E-state index in [1.165, 1.54) is 12.1 Å². The van der Waals surface area contributed by atoms with Crippen molar-refractivity contribution in [2.75, 3.05) is 31.3 Å². The van der Waals surface area contributed by atoms with E-state index in [4.69, 9.17) is 9.47 Å². The molecule has 26 heavy (non-hydrogen) atoms. The number of sulfone groups is 2. The molecule has 0 bridgehead atoms. The average molecular weight is 404 g/mol. The number of hydrogen-bond acceptors (Lipinski definition) is 7. The first kappa shape index (κ1) is 19.6. The molecule has 0 aliphatic carbocycles. The van der Waals surface area contributed by atoms with Crippen LogP contribution in [-0.2, 0) is 24.4 Å². The van der Waals surface area contributed by atoms with Gasteiger partial charge in [0.2, 0.25) is 0 Å². The third kappa shape index (κ3) is 4.39. The van der Waals surface area contributed by atoms with Crippen LogP contribution in [0.25, 0.3) is 0 Å². The topological polar surface area (TPSA) is 98.8 Å². The lowest BCUT2D eigenvalue weighted by Gasteiger charge is -2.21. The van der Waals surface area contributed by atoms with E-state index in [0.29, 0.717) is 25.5 Å². The van der Waals surface area contributed by atoms with Gasteiger partial charge in [0.25, 0.3) is 0 Å². The van der Waals surface area contributed by atoms with Crippen molar-refractivity contribution in [3.63, 3.8) is 0 Å². The molecule has 1 aromatic carbocycles. The van der Waals surface area contributed by atoms with Crippen LogP contribution < -0.4 is 10.1 Å². The molecule has 0 spiro atoms. The quantitative estimate of drug-likeness (QED) is 0.719. The van der Waals surface area contributed by atoms with Crippen LogP contribution in [0.2, 0.25) is 0 Å². The molecule has 3 atom stereocenters. The Hall–Kier alpha value is -1.16. The van der Waals surface area contributed by atoms with Crippen LogP contribution in [0.4, 0.5) is 0 Å². The molecule has 2 aliphatic heterocycles. The molecule has 0 aromatic heterocycles. The number of nitrogens with one attached hydrogen (secondary N) is 1. The fraction of sp³-hybridized carbons (Fsp3) is 0.647. The van der Waals surface area contributed by atoms with Crippen molar-refractivity contribution >= 4 is 19.7 Å². The van der Waals surface area contributed by atoms with Gasteiger partial charge in [-0.25, -0.2) is 16.8 Å². The molecule has 0 amide bonds. The normalized spacial score (nSPS) is 28.3. The predicted octanol–water partition coefficient (Wildman–Crippen LogP) is 0.793. The third-order valence-corrected chi connectivity index (χ3v) is 8.96. The van der Waals surface area contributed by atoms with Gasteiger partial charge in [-0.15, -0.1) is 0 Å². The summed E-state index contributed by atoms with van der Waals surface area (Å²) >= 11 is 0. The summed E-state index contributed by atoms with van der Waals surface area (Å²) in [6.07, 6.45) is 1.90. The Bertz CT molecular complexity index is 813. The molecule has 2 saturated heterocycles. The smallest absolute Gasteiger partial charge is 0.183 e. The van der Waals surface area contributed by atoms with Gasteiger partial charge in [0.05, 0.1) is 34.4 Å². The van der Waals surface area contributed by atoms with E-state index in [1.54, 1.807) is 12.1 Å². The van der Waals surface area contributed by atoms with Gasteiger partial charge in [-0.2, -0.15) is 0 Å². The minimum atomic E-state index is -3.77. The van der Waals surface area contributed by atoms with Gasteiger partial charge in [-0.3, -0.25) is 0 Å². The molecule has 2 heterocycles. The maximum atomic E-state index is 13.0. The Morgan fingerprint density at radius 3 is 2.58 bits per heavy atom. The van der Waals surface area contributed by atoms with Crippen LogP contribution in [0.5, 0.6) is 5.75 Å². The van der Waals surface area contributed by atoms with E-state index < -0.39 is 31.0 Å². The molecule has 146 valence electrons. The first-order valence-corrected chi connectivity index (χ1v) is 12.2. The van der Waals surface area contributed by atoms with Gasteiger partial charge < -0.3 is 14.8 Å². The lowest BCUT2D eigenvalue weighted by Crippen LogP contribution is -2.45.